The summed E-state index contributed by atoms with van der Waals surface area (Å²) in [5.74, 6) is -1.21. The standard InChI is InChI=1S/C13H17FO3/c1-13(2,12(15)16)7-9-4-5-11(14)6-10(9)8-17-3/h4-6H,7-8H2,1-3H3,(H,15,16). The summed E-state index contributed by atoms with van der Waals surface area (Å²) in [5.41, 5.74) is 0.628. The third kappa shape index (κ3) is 3.53. The Balaban J connectivity index is 3.01. The van der Waals surface area contributed by atoms with Gasteiger partial charge >= 0.3 is 5.97 Å². The molecule has 0 fully saturated rings. The van der Waals surface area contributed by atoms with Crippen molar-refractivity contribution in [1.82, 2.24) is 0 Å². The molecule has 0 aliphatic carbocycles. The fourth-order valence-corrected chi connectivity index (χ4v) is 1.61. The van der Waals surface area contributed by atoms with E-state index in [0.717, 1.165) is 5.56 Å². The Kier molecular flexibility index (Phi) is 4.23. The second-order valence-electron chi connectivity index (χ2n) is 4.71. The average molecular weight is 240 g/mol. The molecule has 4 heteroatoms. The van der Waals surface area contributed by atoms with Gasteiger partial charge in [-0.2, -0.15) is 0 Å². The van der Waals surface area contributed by atoms with Crippen molar-refractivity contribution in [2.45, 2.75) is 26.9 Å². The van der Waals surface area contributed by atoms with Gasteiger partial charge in [-0.15, -0.1) is 0 Å². The van der Waals surface area contributed by atoms with Crippen molar-refractivity contribution in [3.8, 4) is 0 Å². The summed E-state index contributed by atoms with van der Waals surface area (Å²) in [6, 6.07) is 4.34. The van der Waals surface area contributed by atoms with Gasteiger partial charge in [0.05, 0.1) is 12.0 Å². The summed E-state index contributed by atoms with van der Waals surface area (Å²) in [7, 11) is 1.52. The van der Waals surface area contributed by atoms with Crippen LogP contribution in [-0.4, -0.2) is 18.2 Å². The highest BCUT2D eigenvalue weighted by Gasteiger charge is 2.28. The molecule has 0 amide bonds. The second kappa shape index (κ2) is 5.27. The number of rotatable bonds is 5. The van der Waals surface area contributed by atoms with Crippen molar-refractivity contribution in [2.24, 2.45) is 5.41 Å². The van der Waals surface area contributed by atoms with Gasteiger partial charge in [0.2, 0.25) is 0 Å². The highest BCUT2D eigenvalue weighted by Crippen LogP contribution is 2.25. The predicted octanol–water partition coefficient (Wildman–Crippen LogP) is 2.63. The summed E-state index contributed by atoms with van der Waals surface area (Å²) >= 11 is 0. The first-order valence-electron chi connectivity index (χ1n) is 5.36. The number of methoxy groups -OCH3 is 1. The van der Waals surface area contributed by atoms with E-state index in [1.165, 1.54) is 19.2 Å². The number of aliphatic carboxylic acids is 1. The molecule has 1 rings (SSSR count). The Labute approximate surface area is 100 Å². The SMILES string of the molecule is COCc1cc(F)ccc1CC(C)(C)C(=O)O. The monoisotopic (exact) mass is 240 g/mol. The Morgan fingerprint density at radius 2 is 2.06 bits per heavy atom. The maximum atomic E-state index is 13.1. The lowest BCUT2D eigenvalue weighted by molar-refractivity contribution is -0.146. The third-order valence-electron chi connectivity index (χ3n) is 2.68. The average Bonchev–Trinajstić information content (AvgIpc) is 2.22. The number of halogens is 1. The van der Waals surface area contributed by atoms with E-state index >= 15 is 0 Å². The minimum Gasteiger partial charge on any atom is -0.481 e. The maximum absolute atomic E-state index is 13.1. The molecule has 0 aliphatic rings. The molecule has 0 saturated heterocycles. The number of ether oxygens (including phenoxy) is 1. The highest BCUT2D eigenvalue weighted by atomic mass is 19.1. The minimum absolute atomic E-state index is 0.281. The summed E-state index contributed by atoms with van der Waals surface area (Å²) in [4.78, 5) is 11.1. The molecule has 17 heavy (non-hydrogen) atoms. The van der Waals surface area contributed by atoms with Gasteiger partial charge in [0.1, 0.15) is 5.82 Å². The normalized spacial score (nSPS) is 11.5. The van der Waals surface area contributed by atoms with Gasteiger partial charge in [0.15, 0.2) is 0 Å². The van der Waals surface area contributed by atoms with Crippen LogP contribution in [-0.2, 0) is 22.6 Å². The van der Waals surface area contributed by atoms with Gasteiger partial charge < -0.3 is 9.84 Å². The maximum Gasteiger partial charge on any atom is 0.309 e. The Hall–Kier alpha value is -1.42. The number of hydrogen-bond donors (Lipinski definition) is 1. The highest BCUT2D eigenvalue weighted by molar-refractivity contribution is 5.74. The molecule has 0 radical (unpaired) electrons. The Bertz CT molecular complexity index is 413. The number of hydrogen-bond acceptors (Lipinski definition) is 2. The zero-order valence-electron chi connectivity index (χ0n) is 10.3. The summed E-state index contributed by atoms with van der Waals surface area (Å²) in [6.45, 7) is 3.58. The molecule has 0 atom stereocenters. The van der Waals surface area contributed by atoms with E-state index in [9.17, 15) is 9.18 Å². The fraction of sp³-hybridized carbons (Fsp3) is 0.462. The number of benzene rings is 1. The van der Waals surface area contributed by atoms with Crippen molar-refractivity contribution < 1.29 is 19.0 Å². The van der Waals surface area contributed by atoms with E-state index in [-0.39, 0.29) is 12.4 Å². The topological polar surface area (TPSA) is 46.5 Å². The van der Waals surface area contributed by atoms with Crippen LogP contribution in [0.25, 0.3) is 0 Å². The number of carboxylic acid groups (broad SMARTS) is 1. The molecule has 0 bridgehead atoms. The van der Waals surface area contributed by atoms with Crippen LogP contribution in [0, 0.1) is 11.2 Å². The molecule has 0 aliphatic heterocycles. The first-order chi connectivity index (χ1) is 7.86. The van der Waals surface area contributed by atoms with Gasteiger partial charge in [0.25, 0.3) is 0 Å². The van der Waals surface area contributed by atoms with Crippen LogP contribution in [0.1, 0.15) is 25.0 Å². The van der Waals surface area contributed by atoms with E-state index in [1.54, 1.807) is 19.9 Å². The van der Waals surface area contributed by atoms with E-state index in [2.05, 4.69) is 0 Å². The van der Waals surface area contributed by atoms with Crippen LogP contribution >= 0.6 is 0 Å². The van der Waals surface area contributed by atoms with Crippen molar-refractivity contribution in [3.05, 3.63) is 35.1 Å². The first-order valence-corrected chi connectivity index (χ1v) is 5.36. The van der Waals surface area contributed by atoms with Crippen LogP contribution in [0.4, 0.5) is 4.39 Å². The molecule has 1 aromatic rings. The molecular weight excluding hydrogens is 223 g/mol. The molecule has 0 unspecified atom stereocenters. The first kappa shape index (κ1) is 13.6. The van der Waals surface area contributed by atoms with Crippen LogP contribution in [0.2, 0.25) is 0 Å². The van der Waals surface area contributed by atoms with Crippen molar-refractivity contribution in [1.29, 1.82) is 0 Å². The van der Waals surface area contributed by atoms with Gasteiger partial charge in [0, 0.05) is 7.11 Å². The summed E-state index contributed by atoms with van der Waals surface area (Å²) in [5, 5.41) is 9.07. The minimum atomic E-state index is -0.875. The molecule has 0 saturated carbocycles. The zero-order chi connectivity index (χ0) is 13.1. The number of carbonyl (C=O) groups is 1. The number of carboxylic acids is 1. The molecule has 1 aromatic carbocycles. The van der Waals surface area contributed by atoms with Gasteiger partial charge in [-0.05, 0) is 43.5 Å². The van der Waals surface area contributed by atoms with Crippen molar-refractivity contribution in [3.63, 3.8) is 0 Å². The van der Waals surface area contributed by atoms with E-state index in [4.69, 9.17) is 9.84 Å². The van der Waals surface area contributed by atoms with Gasteiger partial charge in [-0.1, -0.05) is 6.07 Å². The lowest BCUT2D eigenvalue weighted by Gasteiger charge is -2.20. The second-order valence-corrected chi connectivity index (χ2v) is 4.71. The predicted molar refractivity (Wildman–Crippen MR) is 62.2 cm³/mol. The van der Waals surface area contributed by atoms with E-state index < -0.39 is 11.4 Å². The Morgan fingerprint density at radius 3 is 2.59 bits per heavy atom. The largest absolute Gasteiger partial charge is 0.481 e. The summed E-state index contributed by atoms with van der Waals surface area (Å²) in [6.07, 6.45) is 0.349. The molecule has 0 spiro atoms. The van der Waals surface area contributed by atoms with Crippen LogP contribution < -0.4 is 0 Å². The lowest BCUT2D eigenvalue weighted by atomic mass is 9.84. The summed E-state index contributed by atoms with van der Waals surface area (Å²) < 4.78 is 18.1. The van der Waals surface area contributed by atoms with Crippen molar-refractivity contribution >= 4 is 5.97 Å². The van der Waals surface area contributed by atoms with E-state index in [0.29, 0.717) is 12.0 Å². The Morgan fingerprint density at radius 1 is 1.41 bits per heavy atom. The smallest absolute Gasteiger partial charge is 0.309 e. The molecular formula is C13H17FO3. The third-order valence-corrected chi connectivity index (χ3v) is 2.68. The molecule has 1 N–H and O–H groups in total. The molecule has 94 valence electrons. The van der Waals surface area contributed by atoms with Crippen LogP contribution in [0.3, 0.4) is 0 Å². The molecule has 0 heterocycles. The quantitative estimate of drug-likeness (QED) is 0.860. The van der Waals surface area contributed by atoms with E-state index in [1.807, 2.05) is 0 Å². The lowest BCUT2D eigenvalue weighted by Crippen LogP contribution is -2.26. The van der Waals surface area contributed by atoms with Crippen molar-refractivity contribution in [2.75, 3.05) is 7.11 Å². The zero-order valence-corrected chi connectivity index (χ0v) is 10.3. The molecule has 0 aromatic heterocycles. The fourth-order valence-electron chi connectivity index (χ4n) is 1.61. The van der Waals surface area contributed by atoms with Gasteiger partial charge in [-0.3, -0.25) is 4.79 Å². The van der Waals surface area contributed by atoms with Crippen LogP contribution in [0.5, 0.6) is 0 Å². The van der Waals surface area contributed by atoms with Gasteiger partial charge in [-0.25, -0.2) is 4.39 Å². The molecule has 3 nitrogen and oxygen atoms in total. The van der Waals surface area contributed by atoms with Crippen LogP contribution in [0.15, 0.2) is 18.2 Å².